The summed E-state index contributed by atoms with van der Waals surface area (Å²) in [6.07, 6.45) is 1.25. The molecule has 1 fully saturated rings. The van der Waals surface area contributed by atoms with Gasteiger partial charge >= 0.3 is 5.69 Å². The van der Waals surface area contributed by atoms with Crippen LogP contribution in [0.1, 0.15) is 12.8 Å². The van der Waals surface area contributed by atoms with Crippen LogP contribution in [0.2, 0.25) is 0 Å². The maximum atomic E-state index is 12.7. The molecule has 1 aromatic carbocycles. The van der Waals surface area contributed by atoms with Crippen LogP contribution in [-0.4, -0.2) is 34.8 Å². The summed E-state index contributed by atoms with van der Waals surface area (Å²) in [6.45, 7) is 1.40. The van der Waals surface area contributed by atoms with Gasteiger partial charge in [-0.05, 0) is 31.0 Å². The van der Waals surface area contributed by atoms with Crippen molar-refractivity contribution in [3.8, 4) is 0 Å². The molecule has 1 amide bonds. The first-order chi connectivity index (χ1) is 11.0. The van der Waals surface area contributed by atoms with Crippen molar-refractivity contribution in [3.63, 3.8) is 0 Å². The fourth-order valence-corrected chi connectivity index (χ4v) is 3.13. The molecular formula is C16H23ClN4O3. The van der Waals surface area contributed by atoms with E-state index >= 15 is 0 Å². The van der Waals surface area contributed by atoms with Crippen molar-refractivity contribution < 1.29 is 9.53 Å². The number of nitrogens with two attached hydrogens (primary N) is 1. The largest absolute Gasteiger partial charge is 0.381 e. The van der Waals surface area contributed by atoms with Crippen molar-refractivity contribution in [1.82, 2.24) is 9.13 Å². The molecule has 0 aliphatic carbocycles. The number of fused-ring (bicyclic) bond motifs is 1. The Morgan fingerprint density at radius 1 is 1.25 bits per heavy atom. The number of aryl methyl sites for hydroxylation is 2. The molecule has 0 bridgehead atoms. The van der Waals surface area contributed by atoms with Crippen LogP contribution in [0.3, 0.4) is 0 Å². The van der Waals surface area contributed by atoms with Crippen molar-refractivity contribution in [2.24, 2.45) is 25.2 Å². The van der Waals surface area contributed by atoms with Crippen LogP contribution in [-0.2, 0) is 23.6 Å². The zero-order valence-electron chi connectivity index (χ0n) is 13.9. The van der Waals surface area contributed by atoms with E-state index in [1.54, 1.807) is 23.2 Å². The first-order valence-corrected chi connectivity index (χ1v) is 7.73. The second-order valence-corrected chi connectivity index (χ2v) is 6.16. The molecule has 0 radical (unpaired) electrons. The van der Waals surface area contributed by atoms with E-state index in [2.05, 4.69) is 5.32 Å². The first-order valence-electron chi connectivity index (χ1n) is 7.73. The van der Waals surface area contributed by atoms with Crippen LogP contribution in [0, 0.1) is 5.41 Å². The van der Waals surface area contributed by atoms with Gasteiger partial charge in [0.25, 0.3) is 0 Å². The molecule has 7 nitrogen and oxygen atoms in total. The van der Waals surface area contributed by atoms with Gasteiger partial charge in [0.15, 0.2) is 0 Å². The number of hydrogen-bond donors (Lipinski definition) is 2. The smallest absolute Gasteiger partial charge is 0.328 e. The summed E-state index contributed by atoms with van der Waals surface area (Å²) in [5, 5.41) is 2.95. The Hall–Kier alpha value is -1.83. The fourth-order valence-electron chi connectivity index (χ4n) is 3.13. The molecule has 0 spiro atoms. The molecule has 3 N–H and O–H groups in total. The van der Waals surface area contributed by atoms with E-state index in [1.165, 1.54) is 0 Å². The van der Waals surface area contributed by atoms with Crippen molar-refractivity contribution in [2.45, 2.75) is 12.8 Å². The zero-order chi connectivity index (χ0) is 16.6. The zero-order valence-corrected chi connectivity index (χ0v) is 14.7. The molecule has 8 heteroatoms. The molecule has 3 rings (SSSR count). The summed E-state index contributed by atoms with van der Waals surface area (Å²) in [7, 11) is 3.45. The third-order valence-electron chi connectivity index (χ3n) is 4.85. The molecule has 0 saturated carbocycles. The van der Waals surface area contributed by atoms with E-state index < -0.39 is 5.41 Å². The topological polar surface area (TPSA) is 91.3 Å². The van der Waals surface area contributed by atoms with E-state index in [9.17, 15) is 9.59 Å². The number of benzene rings is 1. The number of amides is 1. The molecule has 1 aliphatic heterocycles. The number of hydrogen-bond acceptors (Lipinski definition) is 4. The van der Waals surface area contributed by atoms with Gasteiger partial charge in [-0.15, -0.1) is 12.4 Å². The van der Waals surface area contributed by atoms with Gasteiger partial charge < -0.3 is 15.8 Å². The van der Waals surface area contributed by atoms with E-state index in [0.29, 0.717) is 38.3 Å². The Morgan fingerprint density at radius 3 is 2.50 bits per heavy atom. The number of nitrogens with zero attached hydrogens (tertiary/aromatic N) is 2. The normalized spacial score (nSPS) is 16.6. The second kappa shape index (κ2) is 6.96. The highest BCUT2D eigenvalue weighted by atomic mass is 35.5. The minimum absolute atomic E-state index is 0. The predicted molar refractivity (Wildman–Crippen MR) is 95.6 cm³/mol. The molecule has 0 atom stereocenters. The van der Waals surface area contributed by atoms with Gasteiger partial charge in [0.1, 0.15) is 0 Å². The lowest BCUT2D eigenvalue weighted by Crippen LogP contribution is -2.46. The molecule has 24 heavy (non-hydrogen) atoms. The molecular weight excluding hydrogens is 332 g/mol. The van der Waals surface area contributed by atoms with E-state index in [1.807, 2.05) is 18.2 Å². The molecule has 1 aliphatic rings. The van der Waals surface area contributed by atoms with Crippen LogP contribution < -0.4 is 16.7 Å². The molecule has 2 heterocycles. The van der Waals surface area contributed by atoms with Gasteiger partial charge in [0.2, 0.25) is 5.91 Å². The maximum Gasteiger partial charge on any atom is 0.328 e. The number of carbonyl (C=O) groups is 1. The second-order valence-electron chi connectivity index (χ2n) is 6.16. The standard InChI is InChI=1S/C16H22N4O3.ClH/c1-19-12-4-3-11(9-13(12)20(2)15(19)22)18-14(21)16(10-17)5-7-23-8-6-16;/h3-4,9H,5-8,10,17H2,1-2H3,(H,18,21);1H. The molecule has 1 saturated heterocycles. The summed E-state index contributed by atoms with van der Waals surface area (Å²) >= 11 is 0. The van der Waals surface area contributed by atoms with E-state index in [0.717, 1.165) is 11.0 Å². The lowest BCUT2D eigenvalue weighted by molar-refractivity contribution is -0.130. The number of ether oxygens (including phenoxy) is 1. The lowest BCUT2D eigenvalue weighted by Gasteiger charge is -2.34. The fraction of sp³-hybridized carbons (Fsp3) is 0.500. The van der Waals surface area contributed by atoms with Crippen molar-refractivity contribution >= 4 is 35.0 Å². The Bertz CT molecular complexity index is 805. The van der Waals surface area contributed by atoms with Crippen LogP contribution in [0.15, 0.2) is 23.0 Å². The number of carbonyl (C=O) groups excluding carboxylic acids is 1. The highest BCUT2D eigenvalue weighted by molar-refractivity contribution is 5.97. The predicted octanol–water partition coefficient (Wildman–Crippen LogP) is 0.993. The summed E-state index contributed by atoms with van der Waals surface area (Å²) in [4.78, 5) is 24.7. The van der Waals surface area contributed by atoms with Gasteiger partial charge in [0.05, 0.1) is 16.4 Å². The Labute approximate surface area is 146 Å². The van der Waals surface area contributed by atoms with Crippen LogP contribution in [0.5, 0.6) is 0 Å². The summed E-state index contributed by atoms with van der Waals surface area (Å²) in [5.74, 6) is -0.0800. The molecule has 0 unspecified atom stereocenters. The highest BCUT2D eigenvalue weighted by Crippen LogP contribution is 2.31. The lowest BCUT2D eigenvalue weighted by atomic mass is 9.79. The molecule has 2 aromatic rings. The van der Waals surface area contributed by atoms with Gasteiger partial charge in [-0.2, -0.15) is 0 Å². The van der Waals surface area contributed by atoms with Gasteiger partial charge in [-0.3, -0.25) is 13.9 Å². The number of rotatable bonds is 3. The van der Waals surface area contributed by atoms with Crippen molar-refractivity contribution in [1.29, 1.82) is 0 Å². The number of aromatic nitrogens is 2. The summed E-state index contributed by atoms with van der Waals surface area (Å²) < 4.78 is 8.49. The first kappa shape index (κ1) is 18.5. The maximum absolute atomic E-state index is 12.7. The number of halogens is 1. The third kappa shape index (κ3) is 2.94. The minimum atomic E-state index is -0.574. The quantitative estimate of drug-likeness (QED) is 0.860. The number of imidazole rings is 1. The average Bonchev–Trinajstić information content (AvgIpc) is 2.80. The number of nitrogens with one attached hydrogen (secondary N) is 1. The van der Waals surface area contributed by atoms with Crippen molar-refractivity contribution in [2.75, 3.05) is 25.1 Å². The van der Waals surface area contributed by atoms with Gasteiger partial charge in [0, 0.05) is 39.5 Å². The Kier molecular flexibility index (Phi) is 5.37. The monoisotopic (exact) mass is 354 g/mol. The summed E-state index contributed by atoms with van der Waals surface area (Å²) in [6, 6.07) is 5.47. The van der Waals surface area contributed by atoms with Crippen LogP contribution in [0.25, 0.3) is 11.0 Å². The summed E-state index contributed by atoms with van der Waals surface area (Å²) in [5.41, 5.74) is 7.48. The van der Waals surface area contributed by atoms with E-state index in [4.69, 9.17) is 10.5 Å². The number of anilines is 1. The Balaban J connectivity index is 0.00000208. The van der Waals surface area contributed by atoms with Gasteiger partial charge in [-0.1, -0.05) is 0 Å². The molecule has 132 valence electrons. The van der Waals surface area contributed by atoms with Crippen LogP contribution in [0.4, 0.5) is 5.69 Å². The van der Waals surface area contributed by atoms with Crippen LogP contribution >= 0.6 is 12.4 Å². The molecule has 1 aromatic heterocycles. The van der Waals surface area contributed by atoms with E-state index in [-0.39, 0.29) is 24.0 Å². The Morgan fingerprint density at radius 2 is 1.88 bits per heavy atom. The average molecular weight is 355 g/mol. The van der Waals surface area contributed by atoms with Crippen molar-refractivity contribution in [3.05, 3.63) is 28.7 Å². The van der Waals surface area contributed by atoms with Gasteiger partial charge in [-0.25, -0.2) is 4.79 Å². The minimum Gasteiger partial charge on any atom is -0.381 e. The highest BCUT2D eigenvalue weighted by Gasteiger charge is 2.38. The third-order valence-corrected chi connectivity index (χ3v) is 4.85. The SMILES string of the molecule is Cl.Cn1c(=O)n(C)c2cc(NC(=O)C3(CN)CCOCC3)ccc21.